The van der Waals surface area contributed by atoms with Crippen LogP contribution < -0.4 is 10.6 Å². The monoisotopic (exact) mass is 678 g/mol. The van der Waals surface area contributed by atoms with Crippen LogP contribution in [0.3, 0.4) is 0 Å². The van der Waals surface area contributed by atoms with Gasteiger partial charge in [-0.1, -0.05) is 18.1 Å². The fraction of sp³-hybridized carbons (Fsp3) is 0.526. The quantitative estimate of drug-likeness (QED) is 0.250. The third-order valence-corrected chi connectivity index (χ3v) is 10.2. The van der Waals surface area contributed by atoms with E-state index in [1.807, 2.05) is 34.1 Å². The van der Waals surface area contributed by atoms with E-state index >= 15 is 0 Å². The normalized spacial score (nSPS) is 20.7. The van der Waals surface area contributed by atoms with Crippen LogP contribution >= 0.6 is 0 Å². The molecule has 50 heavy (non-hydrogen) atoms. The van der Waals surface area contributed by atoms with Crippen molar-refractivity contribution >= 4 is 23.6 Å². The van der Waals surface area contributed by atoms with Crippen molar-refractivity contribution < 1.29 is 19.2 Å². The van der Waals surface area contributed by atoms with Crippen LogP contribution in [-0.2, 0) is 19.2 Å². The minimum atomic E-state index is -0.983. The summed E-state index contributed by atoms with van der Waals surface area (Å²) in [4.78, 5) is 71.4. The summed E-state index contributed by atoms with van der Waals surface area (Å²) in [7, 11) is 0. The summed E-state index contributed by atoms with van der Waals surface area (Å²) < 4.78 is 0. The van der Waals surface area contributed by atoms with Gasteiger partial charge in [0.2, 0.25) is 23.6 Å². The van der Waals surface area contributed by atoms with Crippen molar-refractivity contribution in [2.75, 3.05) is 13.1 Å². The van der Waals surface area contributed by atoms with Gasteiger partial charge in [-0.2, -0.15) is 0 Å². The van der Waals surface area contributed by atoms with Crippen molar-refractivity contribution in [1.82, 2.24) is 40.4 Å². The topological polar surface area (TPSA) is 156 Å². The van der Waals surface area contributed by atoms with Gasteiger partial charge in [0.15, 0.2) is 0 Å². The highest BCUT2D eigenvalue weighted by Gasteiger charge is 2.44. The van der Waals surface area contributed by atoms with Crippen LogP contribution in [0, 0.1) is 23.7 Å². The molecule has 4 heterocycles. The van der Waals surface area contributed by atoms with Crippen LogP contribution in [0.5, 0.6) is 0 Å². The Morgan fingerprint density at radius 3 is 1.72 bits per heavy atom. The van der Waals surface area contributed by atoms with E-state index in [-0.39, 0.29) is 47.5 Å². The molecule has 0 radical (unpaired) electrons. The second kappa shape index (κ2) is 13.1. The van der Waals surface area contributed by atoms with Crippen molar-refractivity contribution in [1.29, 1.82) is 0 Å². The van der Waals surface area contributed by atoms with Gasteiger partial charge < -0.3 is 30.4 Å². The molecule has 12 heteroatoms. The van der Waals surface area contributed by atoms with Gasteiger partial charge in [0.25, 0.3) is 0 Å². The van der Waals surface area contributed by atoms with Gasteiger partial charge in [-0.3, -0.25) is 19.2 Å². The third kappa shape index (κ3) is 7.04. The molecule has 3 aromatic rings. The van der Waals surface area contributed by atoms with E-state index in [0.29, 0.717) is 24.6 Å². The number of H-pyrrole nitrogens is 2. The number of rotatable bonds is 9. The van der Waals surface area contributed by atoms with Crippen molar-refractivity contribution in [3.63, 3.8) is 0 Å². The maximum Gasteiger partial charge on any atom is 0.248 e. The summed E-state index contributed by atoms with van der Waals surface area (Å²) in [5.41, 5.74) is 1.34. The summed E-state index contributed by atoms with van der Waals surface area (Å²) in [5, 5.41) is 5.90. The first-order valence-electron chi connectivity index (χ1n) is 17.9. The number of carbonyl (C=O) groups excluding carboxylic acids is 4. The van der Waals surface area contributed by atoms with Gasteiger partial charge in [0, 0.05) is 30.5 Å². The number of aromatic amines is 2. The Labute approximate surface area is 292 Å². The molecule has 4 aliphatic rings. The Bertz CT molecular complexity index is 1850. The largest absolute Gasteiger partial charge is 0.342 e. The molecule has 2 saturated carbocycles. The van der Waals surface area contributed by atoms with Crippen LogP contribution in [0.4, 0.5) is 0 Å². The van der Waals surface area contributed by atoms with Crippen LogP contribution in [0.2, 0.25) is 0 Å². The summed E-state index contributed by atoms with van der Waals surface area (Å²) in [6.07, 6.45) is 10.4. The Kier molecular flexibility index (Phi) is 8.78. The lowest BCUT2D eigenvalue weighted by molar-refractivity contribution is -0.141. The average molecular weight is 679 g/mol. The van der Waals surface area contributed by atoms with E-state index in [1.165, 1.54) is 0 Å². The van der Waals surface area contributed by atoms with E-state index in [0.717, 1.165) is 74.0 Å². The maximum atomic E-state index is 13.5. The standard InChI is InChI=1S/C38H46N8O4/c1-37(2,43-33(47)25-14-15-25)35(49)45-19-5-7-29(45)31-39-21-27(41-31)18-11-23-9-12-24(13-10-23)28-22-40-32(42-28)30-8-6-20-46(30)36(50)38(3,4)44-34(48)26-16-17-26/h9-10,12-13,21-22,25-26,29-30H,5-8,14-17,19-20H2,1-4H3,(H,39,41)(H,40,42)(H,43,47)(H,44,48). The first-order chi connectivity index (χ1) is 23.9. The molecular formula is C38H46N8O4. The third-order valence-electron chi connectivity index (χ3n) is 10.2. The highest BCUT2D eigenvalue weighted by Crippen LogP contribution is 2.36. The highest BCUT2D eigenvalue weighted by atomic mass is 16.2. The summed E-state index contributed by atoms with van der Waals surface area (Å²) in [5.74, 6) is 7.60. The molecule has 2 aromatic heterocycles. The summed E-state index contributed by atoms with van der Waals surface area (Å²) in [6, 6.07) is 7.51. The van der Waals surface area contributed by atoms with Gasteiger partial charge in [-0.25, -0.2) is 9.97 Å². The molecule has 2 atom stereocenters. The van der Waals surface area contributed by atoms with Crippen LogP contribution in [-0.4, -0.2) is 77.5 Å². The van der Waals surface area contributed by atoms with Crippen molar-refractivity contribution in [3.05, 3.63) is 59.6 Å². The number of amides is 4. The number of carbonyl (C=O) groups is 4. The van der Waals surface area contributed by atoms with Crippen molar-refractivity contribution in [3.8, 4) is 23.1 Å². The number of nitrogens with one attached hydrogen (secondary N) is 4. The summed E-state index contributed by atoms with van der Waals surface area (Å²) >= 11 is 0. The number of benzene rings is 1. The second-order valence-corrected chi connectivity index (χ2v) is 15.3. The number of aromatic nitrogens is 4. The van der Waals surface area contributed by atoms with Gasteiger partial charge in [0.1, 0.15) is 28.4 Å². The SMILES string of the molecule is CC(C)(NC(=O)C1CC1)C(=O)N1CCCC1c1ncc(C#Cc2ccc(-c3cnc(C4CCCN4C(=O)C(C)(C)NC(=O)C4CC4)[nH]3)cc2)[nH]1. The molecule has 0 bridgehead atoms. The molecule has 12 nitrogen and oxygen atoms in total. The Morgan fingerprint density at radius 2 is 1.20 bits per heavy atom. The molecule has 4 N–H and O–H groups in total. The molecule has 1 aromatic carbocycles. The number of hydrogen-bond acceptors (Lipinski definition) is 6. The predicted molar refractivity (Wildman–Crippen MR) is 186 cm³/mol. The van der Waals surface area contributed by atoms with Gasteiger partial charge in [0.05, 0.1) is 30.2 Å². The van der Waals surface area contributed by atoms with E-state index in [2.05, 4.69) is 42.4 Å². The van der Waals surface area contributed by atoms with Crippen molar-refractivity contribution in [2.45, 2.75) is 102 Å². The Hall–Kier alpha value is -4.92. The molecular weight excluding hydrogens is 632 g/mol. The fourth-order valence-electron chi connectivity index (χ4n) is 7.02. The number of imidazole rings is 2. The fourth-order valence-corrected chi connectivity index (χ4v) is 7.02. The minimum Gasteiger partial charge on any atom is -0.342 e. The first-order valence-corrected chi connectivity index (χ1v) is 17.9. The highest BCUT2D eigenvalue weighted by molar-refractivity contribution is 5.93. The molecule has 0 spiro atoms. The molecule has 2 saturated heterocycles. The molecule has 2 aliphatic heterocycles. The molecule has 4 amide bonds. The first kappa shape index (κ1) is 33.6. The van der Waals surface area contributed by atoms with E-state index < -0.39 is 11.1 Å². The average Bonchev–Trinajstić information content (AvgIpc) is 3.86. The minimum absolute atomic E-state index is 0.0376. The Balaban J connectivity index is 0.976. The van der Waals surface area contributed by atoms with E-state index in [1.54, 1.807) is 40.1 Å². The van der Waals surface area contributed by atoms with Gasteiger partial charge >= 0.3 is 0 Å². The lowest BCUT2D eigenvalue weighted by Crippen LogP contribution is -2.56. The van der Waals surface area contributed by atoms with E-state index in [9.17, 15) is 19.2 Å². The molecule has 262 valence electrons. The van der Waals surface area contributed by atoms with Crippen LogP contribution in [0.15, 0.2) is 36.7 Å². The molecule has 4 fully saturated rings. The molecule has 2 aliphatic carbocycles. The smallest absolute Gasteiger partial charge is 0.248 e. The number of nitrogens with zero attached hydrogens (tertiary/aromatic N) is 4. The molecule has 7 rings (SSSR count). The summed E-state index contributed by atoms with van der Waals surface area (Å²) in [6.45, 7) is 8.35. The zero-order chi connectivity index (χ0) is 35.2. The van der Waals surface area contributed by atoms with E-state index in [4.69, 9.17) is 0 Å². The Morgan fingerprint density at radius 1 is 0.700 bits per heavy atom. The lowest BCUT2D eigenvalue weighted by atomic mass is 10.0. The zero-order valence-electron chi connectivity index (χ0n) is 29.3. The number of likely N-dealkylation sites (tertiary alicyclic amines) is 2. The predicted octanol–water partition coefficient (Wildman–Crippen LogP) is 4.14. The van der Waals surface area contributed by atoms with Crippen molar-refractivity contribution in [2.24, 2.45) is 11.8 Å². The van der Waals surface area contributed by atoms with Crippen LogP contribution in [0.1, 0.15) is 114 Å². The second-order valence-electron chi connectivity index (χ2n) is 15.3. The van der Waals surface area contributed by atoms with Gasteiger partial charge in [-0.05, 0) is 103 Å². The van der Waals surface area contributed by atoms with Crippen LogP contribution in [0.25, 0.3) is 11.3 Å². The lowest BCUT2D eigenvalue weighted by Gasteiger charge is -2.33. The number of hydrogen-bond donors (Lipinski definition) is 4. The maximum absolute atomic E-state index is 13.5. The molecule has 2 unspecified atom stereocenters. The van der Waals surface area contributed by atoms with Gasteiger partial charge in [-0.15, -0.1) is 0 Å². The zero-order valence-corrected chi connectivity index (χ0v) is 29.3.